The van der Waals surface area contributed by atoms with Gasteiger partial charge in [-0.25, -0.2) is 0 Å². The van der Waals surface area contributed by atoms with Gasteiger partial charge in [0.05, 0.1) is 0 Å². The van der Waals surface area contributed by atoms with Crippen LogP contribution >= 0.6 is 0 Å². The molecule has 0 saturated heterocycles. The summed E-state index contributed by atoms with van der Waals surface area (Å²) in [4.78, 5) is 0. The first-order valence-electron chi connectivity index (χ1n) is 7.24. The van der Waals surface area contributed by atoms with Gasteiger partial charge in [-0.2, -0.15) is 0 Å². The highest BCUT2D eigenvalue weighted by molar-refractivity contribution is 5.83. The van der Waals surface area contributed by atoms with Crippen LogP contribution in [0.3, 0.4) is 0 Å². The number of hydrogen-bond donors (Lipinski definition) is 0. The van der Waals surface area contributed by atoms with E-state index >= 15 is 0 Å². The topological polar surface area (TPSA) is 0 Å². The third-order valence-electron chi connectivity index (χ3n) is 4.89. The van der Waals surface area contributed by atoms with E-state index < -0.39 is 0 Å². The summed E-state index contributed by atoms with van der Waals surface area (Å²) < 4.78 is 0. The van der Waals surface area contributed by atoms with Gasteiger partial charge in [-0.15, -0.1) is 0 Å². The van der Waals surface area contributed by atoms with E-state index in [1.807, 2.05) is 0 Å². The lowest BCUT2D eigenvalue weighted by atomic mass is 9.84. The summed E-state index contributed by atoms with van der Waals surface area (Å²) in [6, 6.07) is 17.8. The molecular weight excluding hydrogens is 228 g/mol. The zero-order valence-electron chi connectivity index (χ0n) is 11.1. The molecule has 2 aliphatic carbocycles. The van der Waals surface area contributed by atoms with E-state index in [4.69, 9.17) is 0 Å². The molecule has 0 N–H and O–H groups in total. The van der Waals surface area contributed by atoms with Crippen molar-refractivity contribution < 1.29 is 0 Å². The van der Waals surface area contributed by atoms with Crippen molar-refractivity contribution in [3.63, 3.8) is 0 Å². The minimum Gasteiger partial charge on any atom is -0.0905 e. The van der Waals surface area contributed by atoms with Crippen molar-refractivity contribution in [2.24, 2.45) is 0 Å². The Morgan fingerprint density at radius 2 is 1.21 bits per heavy atom. The Bertz CT molecular complexity index is 595. The largest absolute Gasteiger partial charge is 0.0905 e. The first-order chi connectivity index (χ1) is 9.36. The molecule has 0 amide bonds. The predicted octanol–water partition coefficient (Wildman–Crippen LogP) is 5.11. The molecule has 0 heteroatoms. The van der Waals surface area contributed by atoms with Gasteiger partial charge in [-0.3, -0.25) is 0 Å². The lowest BCUT2D eigenvalue weighted by molar-refractivity contribution is 0.626. The Morgan fingerprint density at radius 3 is 1.74 bits per heavy atom. The van der Waals surface area contributed by atoms with Crippen molar-refractivity contribution in [2.75, 3.05) is 0 Å². The van der Waals surface area contributed by atoms with Crippen molar-refractivity contribution in [1.82, 2.24) is 0 Å². The third-order valence-corrected chi connectivity index (χ3v) is 4.89. The minimum atomic E-state index is 0.691. The first kappa shape index (κ1) is 11.0. The van der Waals surface area contributed by atoms with Gasteiger partial charge >= 0.3 is 0 Å². The number of hydrogen-bond acceptors (Lipinski definition) is 0. The predicted molar refractivity (Wildman–Crippen MR) is 80.4 cm³/mol. The quantitative estimate of drug-likeness (QED) is 0.605. The van der Waals surface area contributed by atoms with Gasteiger partial charge in [0.25, 0.3) is 0 Å². The lowest BCUT2D eigenvalue weighted by Crippen LogP contribution is -2.04. The highest BCUT2D eigenvalue weighted by Gasteiger charge is 2.35. The molecule has 1 fully saturated rings. The summed E-state index contributed by atoms with van der Waals surface area (Å²) >= 11 is 0. The molecule has 0 bridgehead atoms. The van der Waals surface area contributed by atoms with E-state index in [-0.39, 0.29) is 0 Å². The average Bonchev–Trinajstić information content (AvgIpc) is 2.92. The Kier molecular flexibility index (Phi) is 2.38. The molecule has 2 aromatic carbocycles. The Morgan fingerprint density at radius 1 is 0.737 bits per heavy atom. The summed E-state index contributed by atoms with van der Waals surface area (Å²) in [6.07, 6.45) is 4.00. The summed E-state index contributed by atoms with van der Waals surface area (Å²) in [5.41, 5.74) is 6.98. The van der Waals surface area contributed by atoms with Crippen molar-refractivity contribution in [3.05, 3.63) is 77.4 Å². The molecule has 0 aliphatic heterocycles. The first-order valence-corrected chi connectivity index (χ1v) is 7.24. The third kappa shape index (κ3) is 1.53. The molecule has 2 unspecified atom stereocenters. The fourth-order valence-corrected chi connectivity index (χ4v) is 4.04. The Labute approximate surface area is 114 Å². The van der Waals surface area contributed by atoms with Crippen molar-refractivity contribution in [2.45, 2.75) is 31.1 Å². The van der Waals surface area contributed by atoms with Crippen LogP contribution in [0.2, 0.25) is 0 Å². The van der Waals surface area contributed by atoms with Crippen LogP contribution in [0.15, 0.2) is 55.1 Å². The maximum Gasteiger partial charge on any atom is -0.00867 e. The van der Waals surface area contributed by atoms with Gasteiger partial charge in [0.15, 0.2) is 0 Å². The van der Waals surface area contributed by atoms with E-state index in [1.54, 1.807) is 0 Å². The van der Waals surface area contributed by atoms with Gasteiger partial charge in [0.1, 0.15) is 0 Å². The Hall–Kier alpha value is -1.82. The van der Waals surface area contributed by atoms with E-state index in [9.17, 15) is 0 Å². The van der Waals surface area contributed by atoms with Crippen LogP contribution in [-0.2, 0) is 0 Å². The molecule has 2 atom stereocenters. The molecular formula is C19H18. The van der Waals surface area contributed by atoms with Crippen molar-refractivity contribution in [1.29, 1.82) is 0 Å². The van der Waals surface area contributed by atoms with Crippen molar-refractivity contribution in [3.8, 4) is 0 Å². The zero-order valence-corrected chi connectivity index (χ0v) is 11.1. The van der Waals surface area contributed by atoms with Gasteiger partial charge in [-0.1, -0.05) is 61.5 Å². The zero-order chi connectivity index (χ0) is 12.8. The molecule has 0 radical (unpaired) electrons. The second-order valence-electron chi connectivity index (χ2n) is 5.80. The molecule has 94 valence electrons. The minimum absolute atomic E-state index is 0.691. The highest BCUT2D eigenvalue weighted by Crippen LogP contribution is 2.52. The molecule has 0 aromatic heterocycles. The van der Waals surface area contributed by atoms with E-state index in [1.165, 1.54) is 47.1 Å². The van der Waals surface area contributed by atoms with E-state index in [2.05, 4.69) is 55.1 Å². The van der Waals surface area contributed by atoms with Crippen LogP contribution in [0.25, 0.3) is 5.57 Å². The van der Waals surface area contributed by atoms with Crippen molar-refractivity contribution >= 4 is 5.57 Å². The van der Waals surface area contributed by atoms with Gasteiger partial charge in [0, 0.05) is 0 Å². The van der Waals surface area contributed by atoms with Gasteiger partial charge in [-0.05, 0) is 52.5 Å². The van der Waals surface area contributed by atoms with Gasteiger partial charge < -0.3 is 0 Å². The van der Waals surface area contributed by atoms with Gasteiger partial charge in [0.2, 0.25) is 0 Å². The summed E-state index contributed by atoms with van der Waals surface area (Å²) in [5, 5.41) is 0. The fraction of sp³-hybridized carbons (Fsp3) is 0.263. The normalized spacial score (nSPS) is 24.3. The van der Waals surface area contributed by atoms with Crippen LogP contribution in [0.1, 0.15) is 53.4 Å². The molecule has 19 heavy (non-hydrogen) atoms. The molecule has 2 aliphatic rings. The molecule has 0 spiro atoms. The molecule has 1 saturated carbocycles. The Balaban J connectivity index is 2.03. The highest BCUT2D eigenvalue weighted by atomic mass is 14.4. The molecule has 4 rings (SSSR count). The van der Waals surface area contributed by atoms with Crippen LogP contribution in [0, 0.1) is 0 Å². The molecule has 0 nitrogen and oxygen atoms in total. The lowest BCUT2D eigenvalue weighted by Gasteiger charge is -2.19. The van der Waals surface area contributed by atoms with Crippen LogP contribution in [0.5, 0.6) is 0 Å². The second-order valence-corrected chi connectivity index (χ2v) is 5.80. The maximum atomic E-state index is 4.38. The summed E-state index contributed by atoms with van der Waals surface area (Å²) in [5.74, 6) is 1.38. The number of rotatable bonds is 0. The van der Waals surface area contributed by atoms with Crippen LogP contribution < -0.4 is 0 Å². The fourth-order valence-electron chi connectivity index (χ4n) is 4.04. The van der Waals surface area contributed by atoms with E-state index in [0.29, 0.717) is 11.8 Å². The monoisotopic (exact) mass is 246 g/mol. The second kappa shape index (κ2) is 4.09. The standard InChI is InChI=1S/C19H18/c1-13-14-7-2-4-9-16(14)18-11-6-12-19(18)17-10-5-3-8-15(13)17/h2-5,7-10,18-19H,1,6,11-12H2. The molecule has 0 heterocycles. The van der Waals surface area contributed by atoms with E-state index in [0.717, 1.165) is 0 Å². The number of benzene rings is 2. The average molecular weight is 246 g/mol. The summed E-state index contributed by atoms with van der Waals surface area (Å²) in [7, 11) is 0. The van der Waals surface area contributed by atoms with Crippen LogP contribution in [0.4, 0.5) is 0 Å². The maximum absolute atomic E-state index is 4.38. The summed E-state index contributed by atoms with van der Waals surface area (Å²) in [6.45, 7) is 4.38. The SMILES string of the molecule is C=C1c2ccccc2C2CCCC2c2ccccc21. The number of fused-ring (bicyclic) bond motifs is 5. The van der Waals surface area contributed by atoms with Crippen LogP contribution in [-0.4, -0.2) is 0 Å². The molecule has 2 aromatic rings. The smallest absolute Gasteiger partial charge is 0.00867 e.